The van der Waals surface area contributed by atoms with Crippen molar-refractivity contribution in [1.29, 1.82) is 0 Å². The molecule has 0 radical (unpaired) electrons. The van der Waals surface area contributed by atoms with Crippen LogP contribution >= 0.6 is 11.8 Å². The number of rotatable bonds is 3. The zero-order valence-corrected chi connectivity index (χ0v) is 10.0. The Morgan fingerprint density at radius 1 is 1.47 bits per heavy atom. The fourth-order valence-corrected chi connectivity index (χ4v) is 2.16. The van der Waals surface area contributed by atoms with Gasteiger partial charge in [0, 0.05) is 17.5 Å². The zero-order valence-electron chi connectivity index (χ0n) is 9.22. The summed E-state index contributed by atoms with van der Waals surface area (Å²) in [6.45, 7) is 1.40. The fourth-order valence-electron chi connectivity index (χ4n) is 1.27. The van der Waals surface area contributed by atoms with Crippen LogP contribution in [0, 0.1) is 5.82 Å². The number of tetrazole rings is 1. The average molecular weight is 252 g/mol. The van der Waals surface area contributed by atoms with Crippen LogP contribution in [0.4, 0.5) is 4.39 Å². The lowest BCUT2D eigenvalue weighted by Crippen LogP contribution is -1.98. The van der Waals surface area contributed by atoms with E-state index in [9.17, 15) is 9.18 Å². The highest BCUT2D eigenvalue weighted by Crippen LogP contribution is 2.29. The number of nitrogens with zero attached hydrogens (tertiary/aromatic N) is 4. The molecule has 0 spiro atoms. The quantitative estimate of drug-likeness (QED) is 0.778. The monoisotopic (exact) mass is 252 g/mol. The number of carbonyl (C=O) groups excluding carboxylic acids is 1. The Hall–Kier alpha value is -1.76. The lowest BCUT2D eigenvalue weighted by Gasteiger charge is -2.05. The molecule has 7 heteroatoms. The van der Waals surface area contributed by atoms with Gasteiger partial charge >= 0.3 is 0 Å². The lowest BCUT2D eigenvalue weighted by atomic mass is 10.1. The summed E-state index contributed by atoms with van der Waals surface area (Å²) in [5, 5.41) is 11.5. The minimum absolute atomic E-state index is 0.192. The van der Waals surface area contributed by atoms with Crippen molar-refractivity contribution in [2.75, 3.05) is 0 Å². The number of carbonyl (C=O) groups is 1. The Bertz CT molecular complexity index is 569. The molecule has 0 aliphatic rings. The Balaban J connectivity index is 2.39. The first-order chi connectivity index (χ1) is 8.08. The minimum Gasteiger partial charge on any atom is -0.294 e. The van der Waals surface area contributed by atoms with E-state index in [4.69, 9.17) is 0 Å². The molecule has 0 bridgehead atoms. The molecule has 0 unspecified atom stereocenters. The number of aryl methyl sites for hydroxylation is 1. The van der Waals surface area contributed by atoms with Crippen LogP contribution in [-0.4, -0.2) is 26.0 Å². The van der Waals surface area contributed by atoms with E-state index in [0.717, 1.165) is 0 Å². The van der Waals surface area contributed by atoms with Crippen molar-refractivity contribution in [2.45, 2.75) is 17.0 Å². The molecule has 0 N–H and O–H groups in total. The summed E-state index contributed by atoms with van der Waals surface area (Å²) in [5.41, 5.74) is 0.331. The first-order valence-electron chi connectivity index (χ1n) is 4.78. The summed E-state index contributed by atoms with van der Waals surface area (Å²) >= 11 is 1.22. The van der Waals surface area contributed by atoms with Crippen LogP contribution in [0.15, 0.2) is 28.3 Å². The highest BCUT2D eigenvalue weighted by molar-refractivity contribution is 7.99. The summed E-state index contributed by atoms with van der Waals surface area (Å²) < 4.78 is 14.5. The van der Waals surface area contributed by atoms with Crippen molar-refractivity contribution < 1.29 is 9.18 Å². The van der Waals surface area contributed by atoms with Gasteiger partial charge in [0.15, 0.2) is 5.78 Å². The van der Waals surface area contributed by atoms with Gasteiger partial charge in [-0.05, 0) is 47.3 Å². The first-order valence-corrected chi connectivity index (χ1v) is 5.60. The number of hydrogen-bond acceptors (Lipinski definition) is 5. The molecular formula is C10H9FN4OS. The highest BCUT2D eigenvalue weighted by Gasteiger charge is 2.12. The predicted molar refractivity (Wildman–Crippen MR) is 59.3 cm³/mol. The zero-order chi connectivity index (χ0) is 12.4. The van der Waals surface area contributed by atoms with Gasteiger partial charge < -0.3 is 0 Å². The molecule has 1 heterocycles. The van der Waals surface area contributed by atoms with E-state index in [2.05, 4.69) is 15.5 Å². The van der Waals surface area contributed by atoms with Gasteiger partial charge in [0.25, 0.3) is 0 Å². The molecule has 0 aliphatic carbocycles. The molecular weight excluding hydrogens is 243 g/mol. The van der Waals surface area contributed by atoms with E-state index in [1.165, 1.54) is 35.5 Å². The number of aromatic nitrogens is 4. The van der Waals surface area contributed by atoms with Crippen LogP contribution in [0.25, 0.3) is 0 Å². The molecule has 0 saturated carbocycles. The van der Waals surface area contributed by atoms with E-state index in [0.29, 0.717) is 15.6 Å². The average Bonchev–Trinajstić information content (AvgIpc) is 2.67. The maximum Gasteiger partial charge on any atom is 0.213 e. The van der Waals surface area contributed by atoms with Crippen molar-refractivity contribution in [3.63, 3.8) is 0 Å². The second-order valence-corrected chi connectivity index (χ2v) is 4.39. The number of ketones is 1. The second-order valence-electron chi connectivity index (χ2n) is 3.38. The maximum atomic E-state index is 13.1. The number of benzene rings is 1. The van der Waals surface area contributed by atoms with Gasteiger partial charge in [-0.25, -0.2) is 9.07 Å². The number of hydrogen-bond donors (Lipinski definition) is 0. The van der Waals surface area contributed by atoms with E-state index in [-0.39, 0.29) is 5.78 Å². The molecule has 17 heavy (non-hydrogen) atoms. The smallest absolute Gasteiger partial charge is 0.213 e. The molecule has 0 amide bonds. The third kappa shape index (κ3) is 2.50. The molecule has 88 valence electrons. The van der Waals surface area contributed by atoms with Crippen molar-refractivity contribution in [2.24, 2.45) is 7.05 Å². The van der Waals surface area contributed by atoms with Gasteiger partial charge in [-0.2, -0.15) is 0 Å². The van der Waals surface area contributed by atoms with E-state index in [1.54, 1.807) is 13.1 Å². The third-order valence-corrected chi connectivity index (χ3v) is 3.21. The normalized spacial score (nSPS) is 10.5. The summed E-state index contributed by atoms with van der Waals surface area (Å²) in [6.07, 6.45) is 0. The van der Waals surface area contributed by atoms with Gasteiger partial charge in [0.2, 0.25) is 5.16 Å². The summed E-state index contributed by atoms with van der Waals surface area (Å²) in [4.78, 5) is 12.0. The van der Waals surface area contributed by atoms with Gasteiger partial charge in [-0.1, -0.05) is 0 Å². The van der Waals surface area contributed by atoms with Crippen molar-refractivity contribution in [3.05, 3.63) is 29.6 Å². The first kappa shape index (κ1) is 11.7. The SMILES string of the molecule is CC(=O)c1cc(F)ccc1Sc1nnnn1C. The Kier molecular flexibility index (Phi) is 3.19. The molecule has 0 saturated heterocycles. The van der Waals surface area contributed by atoms with Crippen molar-refractivity contribution in [1.82, 2.24) is 20.2 Å². The molecule has 5 nitrogen and oxygen atoms in total. The molecule has 1 aromatic heterocycles. The summed E-state index contributed by atoms with van der Waals surface area (Å²) in [5.74, 6) is -0.627. The highest BCUT2D eigenvalue weighted by atomic mass is 32.2. The van der Waals surface area contributed by atoms with Gasteiger partial charge in [0.1, 0.15) is 5.82 Å². The standard InChI is InChI=1S/C10H9FN4OS/c1-6(16)8-5-7(11)3-4-9(8)17-10-12-13-14-15(10)2/h3-5H,1-2H3. The second kappa shape index (κ2) is 4.62. The number of halogens is 1. The van der Waals surface area contributed by atoms with Crippen molar-refractivity contribution >= 4 is 17.5 Å². The Labute approximate surface area is 101 Å². The van der Waals surface area contributed by atoms with Gasteiger partial charge in [-0.3, -0.25) is 4.79 Å². The molecule has 2 aromatic rings. The molecule has 0 atom stereocenters. The Morgan fingerprint density at radius 2 is 2.24 bits per heavy atom. The fraction of sp³-hybridized carbons (Fsp3) is 0.200. The van der Waals surface area contributed by atoms with Crippen LogP contribution in [0.2, 0.25) is 0 Å². The maximum absolute atomic E-state index is 13.1. The van der Waals surface area contributed by atoms with E-state index in [1.807, 2.05) is 0 Å². The lowest BCUT2D eigenvalue weighted by molar-refractivity contribution is 0.101. The van der Waals surface area contributed by atoms with Gasteiger partial charge in [-0.15, -0.1) is 5.10 Å². The van der Waals surface area contributed by atoms with Crippen LogP contribution in [-0.2, 0) is 7.05 Å². The van der Waals surface area contributed by atoms with Crippen molar-refractivity contribution in [3.8, 4) is 0 Å². The van der Waals surface area contributed by atoms with Crippen LogP contribution < -0.4 is 0 Å². The summed E-state index contributed by atoms with van der Waals surface area (Å²) in [6, 6.07) is 4.07. The van der Waals surface area contributed by atoms with Crippen LogP contribution in [0.1, 0.15) is 17.3 Å². The Morgan fingerprint density at radius 3 is 2.82 bits per heavy atom. The van der Waals surface area contributed by atoms with Crippen LogP contribution in [0.3, 0.4) is 0 Å². The molecule has 0 aliphatic heterocycles. The molecule has 2 rings (SSSR count). The third-order valence-electron chi connectivity index (χ3n) is 2.10. The van der Waals surface area contributed by atoms with Crippen LogP contribution in [0.5, 0.6) is 0 Å². The van der Waals surface area contributed by atoms with Gasteiger partial charge in [0.05, 0.1) is 0 Å². The predicted octanol–water partition coefficient (Wildman–Crippen LogP) is 1.70. The van der Waals surface area contributed by atoms with E-state index < -0.39 is 5.82 Å². The van der Waals surface area contributed by atoms with E-state index >= 15 is 0 Å². The number of Topliss-reactive ketones (excluding diaryl/α,β-unsaturated/α-hetero) is 1. The topological polar surface area (TPSA) is 60.7 Å². The largest absolute Gasteiger partial charge is 0.294 e. The summed E-state index contributed by atoms with van der Waals surface area (Å²) in [7, 11) is 1.69. The minimum atomic E-state index is -0.435. The molecule has 0 fully saturated rings. The molecule has 1 aromatic carbocycles.